The van der Waals surface area contributed by atoms with Crippen molar-refractivity contribution in [3.8, 4) is 0 Å². The summed E-state index contributed by atoms with van der Waals surface area (Å²) in [5.74, 6) is 1.37. The summed E-state index contributed by atoms with van der Waals surface area (Å²) >= 11 is 0. The number of hydrogen-bond acceptors (Lipinski definition) is 3. The summed E-state index contributed by atoms with van der Waals surface area (Å²) in [5.41, 5.74) is 6.50. The average molecular weight is 152 g/mol. The molecule has 0 saturated carbocycles. The Hall–Kier alpha value is -1.32. The van der Waals surface area contributed by atoms with E-state index in [1.807, 2.05) is 20.9 Å². The molecule has 4 heteroatoms. The van der Waals surface area contributed by atoms with Crippen LogP contribution in [0.2, 0.25) is 0 Å². The Morgan fingerprint density at radius 2 is 2.27 bits per heavy atom. The highest BCUT2D eigenvalue weighted by Gasteiger charge is 2.06. The lowest BCUT2D eigenvalue weighted by molar-refractivity contribution is 0.775. The zero-order valence-corrected chi connectivity index (χ0v) is 7.00. The summed E-state index contributed by atoms with van der Waals surface area (Å²) in [6, 6.07) is 0. The molecule has 0 spiro atoms. The van der Waals surface area contributed by atoms with Gasteiger partial charge in [-0.25, -0.2) is 9.67 Å². The summed E-state index contributed by atoms with van der Waals surface area (Å²) < 4.78 is 1.67. The molecule has 0 amide bonds. The minimum atomic E-state index is 0.549. The number of nitrogen functional groups attached to an aromatic ring is 1. The highest BCUT2D eigenvalue weighted by molar-refractivity contribution is 5.63. The molecule has 2 N–H and O–H groups in total. The van der Waals surface area contributed by atoms with Gasteiger partial charge in [0.15, 0.2) is 11.6 Å². The van der Waals surface area contributed by atoms with Crippen LogP contribution in [0.4, 0.5) is 11.6 Å². The number of anilines is 1. The van der Waals surface area contributed by atoms with Crippen molar-refractivity contribution < 1.29 is 0 Å². The summed E-state index contributed by atoms with van der Waals surface area (Å²) in [6.45, 7) is 3.77. The number of nitrogens with two attached hydrogens (primary N) is 1. The minimum Gasteiger partial charge on any atom is -0.382 e. The predicted molar refractivity (Wildman–Crippen MR) is 46.2 cm³/mol. The number of nitrogens with zero attached hydrogens (tertiary/aromatic N) is 3. The zero-order chi connectivity index (χ0) is 8.43. The Balaban J connectivity index is 3.22. The van der Waals surface area contributed by atoms with Gasteiger partial charge in [0.25, 0.3) is 0 Å². The van der Waals surface area contributed by atoms with Crippen LogP contribution in [0.5, 0.6) is 0 Å². The lowest BCUT2D eigenvalue weighted by Crippen LogP contribution is -1.91. The smallest absolute Gasteiger partial charge is 0.154 e. The first-order valence-corrected chi connectivity index (χ1v) is 3.44. The summed E-state index contributed by atoms with van der Waals surface area (Å²) in [7, 11) is 1.83. The maximum Gasteiger partial charge on any atom is 0.154 e. The fraction of sp³-hybridized carbons (Fsp3) is 0.429. The predicted octanol–water partition coefficient (Wildman–Crippen LogP) is 1.03. The SMILES string of the molecule is C/C=N\c1c(C)c(N)nn1C. The van der Waals surface area contributed by atoms with Gasteiger partial charge in [0, 0.05) is 18.8 Å². The molecule has 1 rings (SSSR count). The molecule has 0 unspecified atom stereocenters. The Kier molecular flexibility index (Phi) is 1.94. The Morgan fingerprint density at radius 3 is 2.64 bits per heavy atom. The van der Waals surface area contributed by atoms with E-state index in [1.165, 1.54) is 0 Å². The zero-order valence-electron chi connectivity index (χ0n) is 7.00. The van der Waals surface area contributed by atoms with Gasteiger partial charge in [0.2, 0.25) is 0 Å². The van der Waals surface area contributed by atoms with E-state index < -0.39 is 0 Å². The second-order valence-electron chi connectivity index (χ2n) is 2.34. The number of hydrogen-bond donors (Lipinski definition) is 1. The third-order valence-corrected chi connectivity index (χ3v) is 1.54. The van der Waals surface area contributed by atoms with E-state index in [4.69, 9.17) is 5.73 Å². The standard InChI is InChI=1S/C7H12N4/c1-4-9-7-5(2)6(8)10-11(7)3/h4H,1-3H3,(H2,8,10)/b9-4-. The summed E-state index contributed by atoms with van der Waals surface area (Å²) in [5, 5.41) is 4.01. The first-order valence-electron chi connectivity index (χ1n) is 3.44. The van der Waals surface area contributed by atoms with Gasteiger partial charge >= 0.3 is 0 Å². The van der Waals surface area contributed by atoms with Crippen molar-refractivity contribution in [2.75, 3.05) is 5.73 Å². The van der Waals surface area contributed by atoms with Gasteiger partial charge in [-0.3, -0.25) is 0 Å². The molecule has 0 radical (unpaired) electrons. The summed E-state index contributed by atoms with van der Waals surface area (Å²) in [6.07, 6.45) is 1.73. The largest absolute Gasteiger partial charge is 0.382 e. The number of aryl methyl sites for hydroxylation is 1. The maximum absolute atomic E-state index is 5.57. The third-order valence-electron chi connectivity index (χ3n) is 1.54. The highest BCUT2D eigenvalue weighted by atomic mass is 15.3. The van der Waals surface area contributed by atoms with Gasteiger partial charge in [0.05, 0.1) is 0 Å². The molecule has 1 heterocycles. The van der Waals surface area contributed by atoms with Crippen LogP contribution < -0.4 is 5.73 Å². The van der Waals surface area contributed by atoms with Crippen molar-refractivity contribution in [3.05, 3.63) is 5.56 Å². The molecule has 0 aromatic carbocycles. The second-order valence-corrected chi connectivity index (χ2v) is 2.34. The molecule has 0 atom stereocenters. The number of aliphatic imine (C=N–C) groups is 1. The van der Waals surface area contributed by atoms with Crippen LogP contribution in [0.3, 0.4) is 0 Å². The Labute approximate surface area is 65.7 Å². The van der Waals surface area contributed by atoms with Crippen molar-refractivity contribution in [3.63, 3.8) is 0 Å². The highest BCUT2D eigenvalue weighted by Crippen LogP contribution is 2.21. The molecule has 0 aliphatic carbocycles. The lowest BCUT2D eigenvalue weighted by atomic mass is 10.3. The van der Waals surface area contributed by atoms with E-state index in [0.717, 1.165) is 11.4 Å². The summed E-state index contributed by atoms with van der Waals surface area (Å²) in [4.78, 5) is 4.12. The van der Waals surface area contributed by atoms with Crippen LogP contribution in [0, 0.1) is 6.92 Å². The minimum absolute atomic E-state index is 0.549. The molecular weight excluding hydrogens is 140 g/mol. The molecule has 60 valence electrons. The van der Waals surface area contributed by atoms with E-state index in [9.17, 15) is 0 Å². The quantitative estimate of drug-likeness (QED) is 0.611. The van der Waals surface area contributed by atoms with Crippen LogP contribution in [0.25, 0.3) is 0 Å². The molecule has 11 heavy (non-hydrogen) atoms. The first-order chi connectivity index (χ1) is 5.16. The van der Waals surface area contributed by atoms with Crippen molar-refractivity contribution in [1.82, 2.24) is 9.78 Å². The molecule has 0 bridgehead atoms. The molecule has 0 aliphatic heterocycles. The fourth-order valence-electron chi connectivity index (χ4n) is 0.944. The molecule has 0 aliphatic rings. The van der Waals surface area contributed by atoms with Crippen molar-refractivity contribution in [2.24, 2.45) is 12.0 Å². The molecular formula is C7H12N4. The average Bonchev–Trinajstić information content (AvgIpc) is 2.17. The van der Waals surface area contributed by atoms with E-state index in [2.05, 4.69) is 10.1 Å². The van der Waals surface area contributed by atoms with Crippen LogP contribution in [0.1, 0.15) is 12.5 Å². The van der Waals surface area contributed by atoms with Crippen LogP contribution in [-0.2, 0) is 7.05 Å². The Morgan fingerprint density at radius 1 is 1.64 bits per heavy atom. The molecule has 0 saturated heterocycles. The van der Waals surface area contributed by atoms with Gasteiger partial charge in [-0.05, 0) is 13.8 Å². The van der Waals surface area contributed by atoms with Gasteiger partial charge in [-0.1, -0.05) is 0 Å². The van der Waals surface area contributed by atoms with E-state index in [1.54, 1.807) is 10.9 Å². The topological polar surface area (TPSA) is 56.2 Å². The van der Waals surface area contributed by atoms with E-state index in [-0.39, 0.29) is 0 Å². The molecule has 0 fully saturated rings. The number of aromatic nitrogens is 2. The van der Waals surface area contributed by atoms with Crippen molar-refractivity contribution in [1.29, 1.82) is 0 Å². The van der Waals surface area contributed by atoms with Gasteiger partial charge < -0.3 is 5.73 Å². The van der Waals surface area contributed by atoms with E-state index >= 15 is 0 Å². The molecule has 4 nitrogen and oxygen atoms in total. The monoisotopic (exact) mass is 152 g/mol. The lowest BCUT2D eigenvalue weighted by Gasteiger charge is -1.92. The van der Waals surface area contributed by atoms with Crippen molar-refractivity contribution >= 4 is 17.9 Å². The molecule has 1 aromatic heterocycles. The normalized spacial score (nSPS) is 11.2. The van der Waals surface area contributed by atoms with Crippen LogP contribution >= 0.6 is 0 Å². The van der Waals surface area contributed by atoms with Gasteiger partial charge in [0.1, 0.15) is 0 Å². The molecule has 1 aromatic rings. The Bertz CT molecular complexity index is 285. The third kappa shape index (κ3) is 1.24. The number of rotatable bonds is 1. The second kappa shape index (κ2) is 2.74. The van der Waals surface area contributed by atoms with Gasteiger partial charge in [-0.15, -0.1) is 0 Å². The van der Waals surface area contributed by atoms with Crippen LogP contribution in [-0.4, -0.2) is 16.0 Å². The van der Waals surface area contributed by atoms with Crippen LogP contribution in [0.15, 0.2) is 4.99 Å². The van der Waals surface area contributed by atoms with Gasteiger partial charge in [-0.2, -0.15) is 5.10 Å². The van der Waals surface area contributed by atoms with Crippen molar-refractivity contribution in [2.45, 2.75) is 13.8 Å². The van der Waals surface area contributed by atoms with E-state index in [0.29, 0.717) is 5.82 Å². The fourth-order valence-corrected chi connectivity index (χ4v) is 0.944. The maximum atomic E-state index is 5.57. The first kappa shape index (κ1) is 7.78.